The molecule has 1 heterocycles. The van der Waals surface area contributed by atoms with Crippen LogP contribution in [0.5, 0.6) is 0 Å². The third-order valence-corrected chi connectivity index (χ3v) is 2.81. The number of carbonyl (C=O) groups is 2. The SMILES string of the molecule is COC[C@H](C)N1C[C@H](C(=O)NCC#N)CC1=O. The zero-order valence-electron chi connectivity index (χ0n) is 10.1. The van der Waals surface area contributed by atoms with E-state index in [4.69, 9.17) is 10.00 Å². The lowest BCUT2D eigenvalue weighted by atomic mass is 10.1. The molecular formula is C11H17N3O3. The molecule has 0 aliphatic carbocycles. The minimum atomic E-state index is -0.352. The van der Waals surface area contributed by atoms with Gasteiger partial charge in [-0.15, -0.1) is 0 Å². The van der Waals surface area contributed by atoms with Gasteiger partial charge in [-0.25, -0.2) is 0 Å². The van der Waals surface area contributed by atoms with Gasteiger partial charge < -0.3 is 15.0 Å². The predicted octanol–water partition coefficient (Wildman–Crippen LogP) is -0.490. The first-order chi connectivity index (χ1) is 8.10. The zero-order valence-corrected chi connectivity index (χ0v) is 10.1. The summed E-state index contributed by atoms with van der Waals surface area (Å²) in [4.78, 5) is 25.0. The zero-order chi connectivity index (χ0) is 12.8. The molecule has 0 spiro atoms. The molecule has 1 aliphatic heterocycles. The summed E-state index contributed by atoms with van der Waals surface area (Å²) in [5, 5.41) is 10.8. The minimum absolute atomic E-state index is 0.0167. The number of hydrogen-bond donors (Lipinski definition) is 1. The second-order valence-corrected chi connectivity index (χ2v) is 4.13. The number of methoxy groups -OCH3 is 1. The first-order valence-electron chi connectivity index (χ1n) is 5.53. The van der Waals surface area contributed by atoms with Crippen molar-refractivity contribution in [2.45, 2.75) is 19.4 Å². The Hall–Kier alpha value is -1.61. The van der Waals surface area contributed by atoms with E-state index in [0.717, 1.165) is 0 Å². The van der Waals surface area contributed by atoms with Crippen LogP contribution in [-0.4, -0.2) is 49.6 Å². The molecule has 0 saturated carbocycles. The van der Waals surface area contributed by atoms with Crippen molar-refractivity contribution in [3.8, 4) is 6.07 Å². The Bertz CT molecular complexity index is 337. The highest BCUT2D eigenvalue weighted by Crippen LogP contribution is 2.20. The van der Waals surface area contributed by atoms with Gasteiger partial charge in [-0.2, -0.15) is 5.26 Å². The summed E-state index contributed by atoms with van der Waals surface area (Å²) in [6.45, 7) is 2.73. The number of likely N-dealkylation sites (tertiary alicyclic amines) is 1. The second-order valence-electron chi connectivity index (χ2n) is 4.13. The van der Waals surface area contributed by atoms with Crippen LogP contribution in [0.4, 0.5) is 0 Å². The Morgan fingerprint density at radius 1 is 1.76 bits per heavy atom. The predicted molar refractivity (Wildman–Crippen MR) is 59.8 cm³/mol. The number of hydrogen-bond acceptors (Lipinski definition) is 4. The topological polar surface area (TPSA) is 82.4 Å². The van der Waals surface area contributed by atoms with Gasteiger partial charge in [0.1, 0.15) is 6.54 Å². The van der Waals surface area contributed by atoms with Crippen molar-refractivity contribution in [2.75, 3.05) is 26.8 Å². The van der Waals surface area contributed by atoms with Gasteiger partial charge in [-0.3, -0.25) is 9.59 Å². The fourth-order valence-corrected chi connectivity index (χ4v) is 1.94. The largest absolute Gasteiger partial charge is 0.383 e. The van der Waals surface area contributed by atoms with Gasteiger partial charge in [0.2, 0.25) is 11.8 Å². The Kier molecular flexibility index (Phi) is 4.91. The molecule has 0 bridgehead atoms. The molecule has 0 aromatic heterocycles. The Balaban J connectivity index is 2.51. The van der Waals surface area contributed by atoms with Gasteiger partial charge >= 0.3 is 0 Å². The highest BCUT2D eigenvalue weighted by atomic mass is 16.5. The van der Waals surface area contributed by atoms with Crippen LogP contribution in [0.1, 0.15) is 13.3 Å². The van der Waals surface area contributed by atoms with E-state index in [1.54, 1.807) is 12.0 Å². The first kappa shape index (κ1) is 13.5. The lowest BCUT2D eigenvalue weighted by molar-refractivity contribution is -0.130. The van der Waals surface area contributed by atoms with E-state index < -0.39 is 0 Å². The maximum absolute atomic E-state index is 11.7. The monoisotopic (exact) mass is 239 g/mol. The minimum Gasteiger partial charge on any atom is -0.383 e. The number of ether oxygens (including phenoxy) is 1. The van der Waals surface area contributed by atoms with E-state index in [-0.39, 0.29) is 36.7 Å². The smallest absolute Gasteiger partial charge is 0.226 e. The molecule has 0 aromatic carbocycles. The molecule has 0 aromatic rings. The number of rotatable bonds is 5. The van der Waals surface area contributed by atoms with Crippen LogP contribution >= 0.6 is 0 Å². The molecule has 1 rings (SSSR count). The first-order valence-corrected chi connectivity index (χ1v) is 5.53. The van der Waals surface area contributed by atoms with E-state index >= 15 is 0 Å². The van der Waals surface area contributed by atoms with E-state index in [1.165, 1.54) is 0 Å². The van der Waals surface area contributed by atoms with Gasteiger partial charge in [-0.1, -0.05) is 0 Å². The van der Waals surface area contributed by atoms with Crippen LogP contribution in [0.3, 0.4) is 0 Å². The van der Waals surface area contributed by atoms with Crippen LogP contribution in [-0.2, 0) is 14.3 Å². The molecule has 2 atom stereocenters. The van der Waals surface area contributed by atoms with Crippen LogP contribution in [0.25, 0.3) is 0 Å². The maximum Gasteiger partial charge on any atom is 0.226 e. The van der Waals surface area contributed by atoms with Crippen LogP contribution in [0, 0.1) is 17.2 Å². The lowest BCUT2D eigenvalue weighted by Crippen LogP contribution is -2.39. The second kappa shape index (κ2) is 6.21. The summed E-state index contributed by atoms with van der Waals surface area (Å²) >= 11 is 0. The van der Waals surface area contributed by atoms with Crippen molar-refractivity contribution in [1.82, 2.24) is 10.2 Å². The molecule has 1 N–H and O–H groups in total. The van der Waals surface area contributed by atoms with E-state index in [0.29, 0.717) is 13.2 Å². The van der Waals surface area contributed by atoms with Crippen molar-refractivity contribution < 1.29 is 14.3 Å². The Morgan fingerprint density at radius 2 is 2.47 bits per heavy atom. The van der Waals surface area contributed by atoms with Gasteiger partial charge in [0.05, 0.1) is 24.6 Å². The van der Waals surface area contributed by atoms with Crippen molar-refractivity contribution in [2.24, 2.45) is 5.92 Å². The molecule has 1 fully saturated rings. The van der Waals surface area contributed by atoms with Crippen molar-refractivity contribution >= 4 is 11.8 Å². The standard InChI is InChI=1S/C11H17N3O3/c1-8(7-17-2)14-6-9(5-10(14)15)11(16)13-4-3-12/h8-9H,4-7H2,1-2H3,(H,13,16)/t8-,9+/m0/s1. The number of nitriles is 1. The van der Waals surface area contributed by atoms with Gasteiger partial charge in [-0.05, 0) is 6.92 Å². The van der Waals surface area contributed by atoms with Crippen molar-refractivity contribution in [3.05, 3.63) is 0 Å². The Morgan fingerprint density at radius 3 is 3.06 bits per heavy atom. The number of amides is 2. The van der Waals surface area contributed by atoms with Crippen molar-refractivity contribution in [3.63, 3.8) is 0 Å². The third-order valence-electron chi connectivity index (χ3n) is 2.81. The molecule has 6 nitrogen and oxygen atoms in total. The molecular weight excluding hydrogens is 222 g/mol. The number of carbonyl (C=O) groups excluding carboxylic acids is 2. The molecule has 17 heavy (non-hydrogen) atoms. The summed E-state index contributed by atoms with van der Waals surface area (Å²) in [6.07, 6.45) is 0.214. The summed E-state index contributed by atoms with van der Waals surface area (Å²) in [5.41, 5.74) is 0. The Labute approximate surface area is 101 Å². The number of nitrogens with zero attached hydrogens (tertiary/aromatic N) is 2. The normalized spacial score (nSPS) is 21.1. The summed E-state index contributed by atoms with van der Waals surface area (Å²) < 4.78 is 4.99. The average molecular weight is 239 g/mol. The third kappa shape index (κ3) is 3.43. The molecule has 0 unspecified atom stereocenters. The van der Waals surface area contributed by atoms with E-state index in [1.807, 2.05) is 13.0 Å². The van der Waals surface area contributed by atoms with Gasteiger partial charge in [0.25, 0.3) is 0 Å². The quantitative estimate of drug-likeness (QED) is 0.656. The maximum atomic E-state index is 11.7. The fourth-order valence-electron chi connectivity index (χ4n) is 1.94. The molecule has 0 radical (unpaired) electrons. The highest BCUT2D eigenvalue weighted by molar-refractivity contribution is 5.89. The average Bonchev–Trinajstić information content (AvgIpc) is 2.68. The van der Waals surface area contributed by atoms with Crippen LogP contribution < -0.4 is 5.32 Å². The lowest BCUT2D eigenvalue weighted by Gasteiger charge is -2.23. The van der Waals surface area contributed by atoms with Gasteiger partial charge in [0.15, 0.2) is 0 Å². The van der Waals surface area contributed by atoms with Crippen LogP contribution in [0.2, 0.25) is 0 Å². The molecule has 1 saturated heterocycles. The summed E-state index contributed by atoms with van der Waals surface area (Å²) in [5.74, 6) is -0.617. The van der Waals surface area contributed by atoms with Gasteiger partial charge in [0, 0.05) is 20.1 Å². The highest BCUT2D eigenvalue weighted by Gasteiger charge is 2.36. The molecule has 2 amide bonds. The van der Waals surface area contributed by atoms with Crippen molar-refractivity contribution in [1.29, 1.82) is 5.26 Å². The van der Waals surface area contributed by atoms with E-state index in [2.05, 4.69) is 5.32 Å². The molecule has 6 heteroatoms. The van der Waals surface area contributed by atoms with Crippen LogP contribution in [0.15, 0.2) is 0 Å². The number of nitrogens with one attached hydrogen (secondary N) is 1. The van der Waals surface area contributed by atoms with E-state index in [9.17, 15) is 9.59 Å². The summed E-state index contributed by atoms with van der Waals surface area (Å²) in [6, 6.07) is 1.81. The molecule has 94 valence electrons. The summed E-state index contributed by atoms with van der Waals surface area (Å²) in [7, 11) is 1.58. The fraction of sp³-hybridized carbons (Fsp3) is 0.727. The molecule has 1 aliphatic rings.